The molecule has 1 N–H and O–H groups in total. The van der Waals surface area contributed by atoms with E-state index in [1.165, 1.54) is 20.0 Å². The summed E-state index contributed by atoms with van der Waals surface area (Å²) in [7, 11) is 1.39. The smallest absolute Gasteiger partial charge is 0.356 e. The van der Waals surface area contributed by atoms with Crippen molar-refractivity contribution in [2.24, 2.45) is 5.41 Å². The first-order valence-electron chi connectivity index (χ1n) is 7.15. The molecular weight excluding hydrogens is 254 g/mol. The summed E-state index contributed by atoms with van der Waals surface area (Å²) in [6.07, 6.45) is 2.47. The predicted octanol–water partition coefficient (Wildman–Crippen LogP) is 1.37. The summed E-state index contributed by atoms with van der Waals surface area (Å²) >= 11 is 0. The molecule has 0 amide bonds. The van der Waals surface area contributed by atoms with Crippen molar-refractivity contribution in [1.82, 2.24) is 10.3 Å². The minimum Gasteiger partial charge on any atom is -0.464 e. The lowest BCUT2D eigenvalue weighted by atomic mass is 9.75. The molecule has 0 unspecified atom stereocenters. The van der Waals surface area contributed by atoms with E-state index in [1.807, 2.05) is 13.0 Å². The zero-order chi connectivity index (χ0) is 14.2. The highest BCUT2D eigenvalue weighted by Gasteiger charge is 2.41. The Kier molecular flexibility index (Phi) is 3.38. The van der Waals surface area contributed by atoms with Gasteiger partial charge < -0.3 is 15.0 Å². The van der Waals surface area contributed by atoms with Crippen LogP contribution < -0.4 is 10.2 Å². The first-order chi connectivity index (χ1) is 9.63. The van der Waals surface area contributed by atoms with E-state index in [4.69, 9.17) is 4.74 Å². The number of anilines is 1. The largest absolute Gasteiger partial charge is 0.464 e. The molecule has 1 spiro atoms. The second-order valence-electron chi connectivity index (χ2n) is 5.96. The lowest BCUT2D eigenvalue weighted by Crippen LogP contribution is -2.61. The van der Waals surface area contributed by atoms with E-state index >= 15 is 0 Å². The molecule has 1 aromatic heterocycles. The molecule has 0 atom stereocenters. The molecule has 2 aliphatic heterocycles. The number of hydrogen-bond donors (Lipinski definition) is 1. The number of hydrogen-bond acceptors (Lipinski definition) is 5. The van der Waals surface area contributed by atoms with Gasteiger partial charge in [-0.15, -0.1) is 0 Å². The van der Waals surface area contributed by atoms with Gasteiger partial charge in [-0.05, 0) is 31.4 Å². The van der Waals surface area contributed by atoms with E-state index in [1.54, 1.807) is 6.07 Å². The molecule has 5 heteroatoms. The Hall–Kier alpha value is -1.62. The minimum absolute atomic E-state index is 0.372. The third-order valence-electron chi connectivity index (χ3n) is 4.43. The van der Waals surface area contributed by atoms with Crippen LogP contribution in [0.4, 0.5) is 5.82 Å². The number of nitrogens with one attached hydrogen (secondary N) is 1. The summed E-state index contributed by atoms with van der Waals surface area (Å²) < 4.78 is 4.76. The van der Waals surface area contributed by atoms with Crippen molar-refractivity contribution in [2.75, 3.05) is 38.2 Å². The van der Waals surface area contributed by atoms with Gasteiger partial charge in [-0.1, -0.05) is 6.07 Å². The fourth-order valence-electron chi connectivity index (χ4n) is 3.21. The average molecular weight is 275 g/mol. The van der Waals surface area contributed by atoms with Crippen molar-refractivity contribution in [3.63, 3.8) is 0 Å². The van der Waals surface area contributed by atoms with Crippen molar-refractivity contribution in [3.8, 4) is 0 Å². The van der Waals surface area contributed by atoms with Crippen LogP contribution in [0.5, 0.6) is 0 Å². The maximum absolute atomic E-state index is 11.6. The predicted molar refractivity (Wildman–Crippen MR) is 77.1 cm³/mol. The van der Waals surface area contributed by atoms with Gasteiger partial charge in [0, 0.05) is 31.6 Å². The number of rotatable bonds is 2. The Morgan fingerprint density at radius 3 is 2.90 bits per heavy atom. The summed E-state index contributed by atoms with van der Waals surface area (Å²) in [5.74, 6) is 0.558. The van der Waals surface area contributed by atoms with Crippen molar-refractivity contribution >= 4 is 11.8 Å². The Morgan fingerprint density at radius 1 is 1.45 bits per heavy atom. The zero-order valence-electron chi connectivity index (χ0n) is 12.1. The van der Waals surface area contributed by atoms with Crippen molar-refractivity contribution in [2.45, 2.75) is 19.8 Å². The molecule has 5 nitrogen and oxygen atoms in total. The Bertz CT molecular complexity index is 526. The van der Waals surface area contributed by atoms with Crippen LogP contribution in [-0.2, 0) is 4.74 Å². The monoisotopic (exact) mass is 275 g/mol. The number of carbonyl (C=O) groups is 1. The lowest BCUT2D eigenvalue weighted by Gasteiger charge is -2.49. The zero-order valence-corrected chi connectivity index (χ0v) is 12.1. The van der Waals surface area contributed by atoms with Gasteiger partial charge in [0.2, 0.25) is 0 Å². The van der Waals surface area contributed by atoms with E-state index in [9.17, 15) is 4.79 Å². The summed E-state index contributed by atoms with van der Waals surface area (Å²) in [6.45, 7) is 6.28. The molecule has 108 valence electrons. The molecule has 1 aromatic rings. The summed E-state index contributed by atoms with van der Waals surface area (Å²) in [5.41, 5.74) is 1.91. The van der Waals surface area contributed by atoms with Crippen molar-refractivity contribution in [3.05, 3.63) is 23.4 Å². The second-order valence-corrected chi connectivity index (χ2v) is 5.96. The van der Waals surface area contributed by atoms with E-state index in [0.29, 0.717) is 11.1 Å². The second kappa shape index (κ2) is 5.05. The maximum atomic E-state index is 11.6. The van der Waals surface area contributed by atoms with E-state index in [2.05, 4.69) is 15.2 Å². The van der Waals surface area contributed by atoms with Gasteiger partial charge in [0.05, 0.1) is 7.11 Å². The minimum atomic E-state index is -0.372. The van der Waals surface area contributed by atoms with E-state index in [0.717, 1.165) is 37.6 Å². The van der Waals surface area contributed by atoms with E-state index in [-0.39, 0.29) is 5.97 Å². The standard InChI is InChI=1S/C15H21N3O2/c1-11-4-5-12(14(19)20-2)17-13(11)18-7-3-6-15(10-18)8-16-9-15/h4-5,16H,3,6-10H2,1-2H3. The Morgan fingerprint density at radius 2 is 2.25 bits per heavy atom. The van der Waals surface area contributed by atoms with Crippen LogP contribution in [0, 0.1) is 12.3 Å². The molecule has 0 radical (unpaired) electrons. The number of pyridine rings is 1. The molecule has 20 heavy (non-hydrogen) atoms. The summed E-state index contributed by atoms with van der Waals surface area (Å²) in [4.78, 5) is 18.5. The van der Waals surface area contributed by atoms with Crippen LogP contribution >= 0.6 is 0 Å². The van der Waals surface area contributed by atoms with Gasteiger partial charge in [0.15, 0.2) is 5.69 Å². The quantitative estimate of drug-likeness (QED) is 0.826. The average Bonchev–Trinajstić information content (AvgIpc) is 2.45. The van der Waals surface area contributed by atoms with E-state index < -0.39 is 0 Å². The molecule has 2 aliphatic rings. The highest BCUT2D eigenvalue weighted by molar-refractivity contribution is 5.87. The highest BCUT2D eigenvalue weighted by atomic mass is 16.5. The van der Waals surface area contributed by atoms with Gasteiger partial charge in [0.1, 0.15) is 5.82 Å². The molecule has 0 saturated carbocycles. The third-order valence-corrected chi connectivity index (χ3v) is 4.43. The van der Waals surface area contributed by atoms with Gasteiger partial charge in [-0.3, -0.25) is 0 Å². The maximum Gasteiger partial charge on any atom is 0.356 e. The molecule has 3 rings (SSSR count). The lowest BCUT2D eigenvalue weighted by molar-refractivity contribution is 0.0594. The number of aryl methyl sites for hydroxylation is 1. The van der Waals surface area contributed by atoms with Crippen LogP contribution in [-0.4, -0.2) is 44.2 Å². The number of piperidine rings is 1. The van der Waals surface area contributed by atoms with Crippen LogP contribution in [0.25, 0.3) is 0 Å². The number of ether oxygens (including phenoxy) is 1. The number of methoxy groups -OCH3 is 1. The SMILES string of the molecule is COC(=O)c1ccc(C)c(N2CCCC3(CNC3)C2)n1. The molecule has 0 aliphatic carbocycles. The number of aromatic nitrogens is 1. The molecule has 2 saturated heterocycles. The van der Waals surface area contributed by atoms with Crippen molar-refractivity contribution < 1.29 is 9.53 Å². The number of esters is 1. The molecular formula is C15H21N3O2. The van der Waals surface area contributed by atoms with Gasteiger partial charge >= 0.3 is 5.97 Å². The molecule has 3 heterocycles. The summed E-state index contributed by atoms with van der Waals surface area (Å²) in [5, 5.41) is 3.38. The number of carbonyl (C=O) groups excluding carboxylic acids is 1. The topological polar surface area (TPSA) is 54.5 Å². The normalized spacial score (nSPS) is 20.6. The Labute approximate surface area is 119 Å². The molecule has 0 bridgehead atoms. The highest BCUT2D eigenvalue weighted by Crippen LogP contribution is 2.35. The van der Waals surface area contributed by atoms with Gasteiger partial charge in [-0.2, -0.15) is 0 Å². The van der Waals surface area contributed by atoms with Gasteiger partial charge in [-0.25, -0.2) is 9.78 Å². The summed E-state index contributed by atoms with van der Waals surface area (Å²) in [6, 6.07) is 3.68. The number of nitrogens with zero attached hydrogens (tertiary/aromatic N) is 2. The Balaban J connectivity index is 1.86. The van der Waals surface area contributed by atoms with Gasteiger partial charge in [0.25, 0.3) is 0 Å². The van der Waals surface area contributed by atoms with Crippen LogP contribution in [0.2, 0.25) is 0 Å². The first kappa shape index (κ1) is 13.4. The first-order valence-corrected chi connectivity index (χ1v) is 7.15. The fourth-order valence-corrected chi connectivity index (χ4v) is 3.21. The fraction of sp³-hybridized carbons (Fsp3) is 0.600. The van der Waals surface area contributed by atoms with Crippen LogP contribution in [0.15, 0.2) is 12.1 Å². The molecule has 0 aromatic carbocycles. The van der Waals surface area contributed by atoms with Crippen molar-refractivity contribution in [1.29, 1.82) is 0 Å². The molecule has 2 fully saturated rings. The van der Waals surface area contributed by atoms with Crippen LogP contribution in [0.3, 0.4) is 0 Å². The van der Waals surface area contributed by atoms with Crippen LogP contribution in [0.1, 0.15) is 28.9 Å². The third kappa shape index (κ3) is 2.26.